The molecule has 0 fully saturated rings. The number of nitrogens with two attached hydrogens (primary N) is 2. The van der Waals surface area contributed by atoms with E-state index in [1.807, 2.05) is 0 Å². The van der Waals surface area contributed by atoms with Gasteiger partial charge in [0.2, 0.25) is 10.0 Å². The van der Waals surface area contributed by atoms with Crippen LogP contribution in [0.4, 0.5) is 5.82 Å². The van der Waals surface area contributed by atoms with Crippen LogP contribution in [0.15, 0.2) is 21.6 Å². The highest BCUT2D eigenvalue weighted by molar-refractivity contribution is 9.10. The molecule has 0 aliphatic carbocycles. The van der Waals surface area contributed by atoms with Crippen molar-refractivity contribution in [2.24, 2.45) is 5.14 Å². The lowest BCUT2D eigenvalue weighted by Gasteiger charge is -2.02. The molecule has 0 bridgehead atoms. The van der Waals surface area contributed by atoms with Crippen LogP contribution in [-0.4, -0.2) is 13.4 Å². The van der Waals surface area contributed by atoms with Gasteiger partial charge in [-0.1, -0.05) is 0 Å². The first-order valence-corrected chi connectivity index (χ1v) is 5.19. The third kappa shape index (κ3) is 1.74. The molecule has 0 aliphatic rings. The van der Waals surface area contributed by atoms with Crippen LogP contribution in [0.5, 0.6) is 0 Å². The van der Waals surface area contributed by atoms with E-state index in [9.17, 15) is 8.42 Å². The highest BCUT2D eigenvalue weighted by atomic mass is 79.9. The van der Waals surface area contributed by atoms with Crippen molar-refractivity contribution in [3.05, 3.63) is 16.7 Å². The molecule has 0 unspecified atom stereocenters. The summed E-state index contributed by atoms with van der Waals surface area (Å²) in [6.45, 7) is 0. The zero-order valence-electron chi connectivity index (χ0n) is 5.86. The number of pyridine rings is 1. The summed E-state index contributed by atoms with van der Waals surface area (Å²) in [6.07, 6.45) is 1.38. The van der Waals surface area contributed by atoms with Crippen LogP contribution in [0, 0.1) is 0 Å². The largest absolute Gasteiger partial charge is 0.383 e. The van der Waals surface area contributed by atoms with Crippen molar-refractivity contribution < 1.29 is 8.42 Å². The smallest absolute Gasteiger partial charge is 0.242 e. The minimum absolute atomic E-state index is 0.105. The van der Waals surface area contributed by atoms with E-state index in [0.29, 0.717) is 4.47 Å². The number of hydrogen-bond acceptors (Lipinski definition) is 4. The average Bonchev–Trinajstić information content (AvgIpc) is 1.82. The van der Waals surface area contributed by atoms with E-state index in [1.165, 1.54) is 12.3 Å². The summed E-state index contributed by atoms with van der Waals surface area (Å²) in [4.78, 5) is 3.42. The van der Waals surface area contributed by atoms with Gasteiger partial charge in [-0.05, 0) is 22.0 Å². The molecular formula is C5H6BrN3O2S. The quantitative estimate of drug-likeness (QED) is 0.738. The fourth-order valence-corrected chi connectivity index (χ4v) is 2.40. The van der Waals surface area contributed by atoms with E-state index in [-0.39, 0.29) is 10.7 Å². The first kappa shape index (κ1) is 9.43. The highest BCUT2D eigenvalue weighted by Crippen LogP contribution is 2.23. The van der Waals surface area contributed by atoms with Crippen LogP contribution in [-0.2, 0) is 10.0 Å². The fraction of sp³-hybridized carbons (Fsp3) is 0. The molecular weight excluding hydrogens is 246 g/mol. The van der Waals surface area contributed by atoms with Crippen LogP contribution in [0.1, 0.15) is 0 Å². The molecule has 1 heterocycles. The highest BCUT2D eigenvalue weighted by Gasteiger charge is 2.16. The van der Waals surface area contributed by atoms with Gasteiger partial charge in [-0.15, -0.1) is 0 Å². The van der Waals surface area contributed by atoms with Crippen molar-refractivity contribution >= 4 is 31.8 Å². The minimum atomic E-state index is -3.80. The van der Waals surface area contributed by atoms with E-state index < -0.39 is 10.0 Å². The van der Waals surface area contributed by atoms with Gasteiger partial charge in [-0.2, -0.15) is 0 Å². The zero-order chi connectivity index (χ0) is 9.35. The third-order valence-electron chi connectivity index (χ3n) is 1.17. The first-order chi connectivity index (χ1) is 5.43. The lowest BCUT2D eigenvalue weighted by molar-refractivity contribution is 0.597. The van der Waals surface area contributed by atoms with E-state index in [1.54, 1.807) is 0 Å². The maximum absolute atomic E-state index is 10.9. The first-order valence-electron chi connectivity index (χ1n) is 2.85. The average molecular weight is 252 g/mol. The fourth-order valence-electron chi connectivity index (χ4n) is 0.721. The van der Waals surface area contributed by atoms with Gasteiger partial charge in [0.25, 0.3) is 0 Å². The number of halogens is 1. The van der Waals surface area contributed by atoms with Gasteiger partial charge in [-0.25, -0.2) is 18.5 Å². The Hall–Kier alpha value is -0.660. The lowest BCUT2D eigenvalue weighted by atomic mass is 10.5. The Kier molecular flexibility index (Phi) is 2.36. The van der Waals surface area contributed by atoms with Gasteiger partial charge in [0.05, 0.1) is 0 Å². The van der Waals surface area contributed by atoms with Crippen molar-refractivity contribution in [1.82, 2.24) is 4.98 Å². The summed E-state index contributed by atoms with van der Waals surface area (Å²) in [5, 5.41) is 4.88. The van der Waals surface area contributed by atoms with Gasteiger partial charge in [0.15, 0.2) is 0 Å². The van der Waals surface area contributed by atoms with Crippen LogP contribution in [0.2, 0.25) is 0 Å². The molecule has 1 aromatic heterocycles. The topological polar surface area (TPSA) is 99.1 Å². The predicted octanol–water partition coefficient (Wildman–Crippen LogP) is 0.0737. The van der Waals surface area contributed by atoms with Crippen molar-refractivity contribution in [2.75, 3.05) is 5.73 Å². The standard InChI is InChI=1S/C5H6BrN3O2S/c6-3-1-2-9-5(7)4(3)12(8,10)11/h1-2H,(H2,7,9)(H2,8,10,11). The Balaban J connectivity index is 3.53. The predicted molar refractivity (Wildman–Crippen MR) is 47.7 cm³/mol. The molecule has 66 valence electrons. The Morgan fingerprint density at radius 3 is 2.42 bits per heavy atom. The summed E-state index contributed by atoms with van der Waals surface area (Å²) >= 11 is 3.00. The Morgan fingerprint density at radius 2 is 2.08 bits per heavy atom. The second kappa shape index (κ2) is 3.00. The number of hydrogen-bond donors (Lipinski definition) is 2. The monoisotopic (exact) mass is 251 g/mol. The molecule has 0 atom stereocenters. The van der Waals surface area contributed by atoms with E-state index in [4.69, 9.17) is 10.9 Å². The number of anilines is 1. The van der Waals surface area contributed by atoms with Crippen LogP contribution in [0.25, 0.3) is 0 Å². The minimum Gasteiger partial charge on any atom is -0.383 e. The molecule has 0 saturated heterocycles. The summed E-state index contributed by atoms with van der Waals surface area (Å²) in [6, 6.07) is 1.45. The number of rotatable bonds is 1. The van der Waals surface area contributed by atoms with Crippen molar-refractivity contribution in [3.8, 4) is 0 Å². The molecule has 0 aliphatic heterocycles. The molecule has 0 spiro atoms. The van der Waals surface area contributed by atoms with Crippen molar-refractivity contribution in [2.45, 2.75) is 4.90 Å². The third-order valence-corrected chi connectivity index (χ3v) is 3.09. The second-order valence-corrected chi connectivity index (χ2v) is 4.40. The lowest BCUT2D eigenvalue weighted by Crippen LogP contribution is -2.15. The number of primary sulfonamides is 1. The summed E-state index contributed by atoms with van der Waals surface area (Å²) < 4.78 is 22.1. The molecule has 1 rings (SSSR count). The maximum Gasteiger partial charge on any atom is 0.242 e. The summed E-state index contributed by atoms with van der Waals surface area (Å²) in [5.41, 5.74) is 5.31. The molecule has 1 aromatic rings. The van der Waals surface area contributed by atoms with E-state index in [2.05, 4.69) is 20.9 Å². The molecule has 4 N–H and O–H groups in total. The number of nitrogens with zero attached hydrogens (tertiary/aromatic N) is 1. The molecule has 12 heavy (non-hydrogen) atoms. The van der Waals surface area contributed by atoms with Gasteiger partial charge in [0.1, 0.15) is 10.7 Å². The SMILES string of the molecule is Nc1nccc(Br)c1S(N)(=O)=O. The summed E-state index contributed by atoms with van der Waals surface area (Å²) in [5.74, 6) is -0.105. The molecule has 0 saturated carbocycles. The second-order valence-electron chi connectivity index (χ2n) is 2.05. The number of nitrogen functional groups attached to an aromatic ring is 1. The van der Waals surface area contributed by atoms with Crippen LogP contribution < -0.4 is 10.9 Å². The van der Waals surface area contributed by atoms with Gasteiger partial charge in [0, 0.05) is 10.7 Å². The van der Waals surface area contributed by atoms with Gasteiger partial charge >= 0.3 is 0 Å². The molecule has 0 radical (unpaired) electrons. The van der Waals surface area contributed by atoms with E-state index in [0.717, 1.165) is 0 Å². The van der Waals surface area contributed by atoms with Gasteiger partial charge in [-0.3, -0.25) is 0 Å². The normalized spacial score (nSPS) is 11.5. The summed E-state index contributed by atoms with van der Waals surface area (Å²) in [7, 11) is -3.80. The molecule has 7 heteroatoms. The number of sulfonamides is 1. The van der Waals surface area contributed by atoms with Crippen LogP contribution in [0.3, 0.4) is 0 Å². The van der Waals surface area contributed by atoms with Gasteiger partial charge < -0.3 is 5.73 Å². The van der Waals surface area contributed by atoms with Crippen molar-refractivity contribution in [3.63, 3.8) is 0 Å². The Labute approximate surface area is 78.0 Å². The molecule has 0 amide bonds. The maximum atomic E-state index is 10.9. The molecule has 5 nitrogen and oxygen atoms in total. The van der Waals surface area contributed by atoms with Crippen molar-refractivity contribution in [1.29, 1.82) is 0 Å². The van der Waals surface area contributed by atoms with E-state index >= 15 is 0 Å². The van der Waals surface area contributed by atoms with Crippen LogP contribution >= 0.6 is 15.9 Å². The Bertz CT molecular complexity index is 383. The Morgan fingerprint density at radius 1 is 1.50 bits per heavy atom. The molecule has 0 aromatic carbocycles. The zero-order valence-corrected chi connectivity index (χ0v) is 8.26. The number of aromatic nitrogens is 1.